The standard InChI is InChI=1S/C7H6ClN3.ClH/c8-7-2-1-5(4-11-7)6(10)3-9;/h1-2,4,6H,10H2;1H. The van der Waals surface area contributed by atoms with Gasteiger partial charge < -0.3 is 5.73 Å². The second kappa shape index (κ2) is 4.94. The summed E-state index contributed by atoms with van der Waals surface area (Å²) in [6.07, 6.45) is 1.50. The van der Waals surface area contributed by atoms with Gasteiger partial charge >= 0.3 is 0 Å². The second-order valence-corrected chi connectivity index (χ2v) is 2.41. The SMILES string of the molecule is Cl.N#CC(N)c1ccc(Cl)nc1. The highest BCUT2D eigenvalue weighted by Crippen LogP contribution is 2.10. The molecule has 5 heteroatoms. The Balaban J connectivity index is 0.00000121. The van der Waals surface area contributed by atoms with Gasteiger partial charge in [0.1, 0.15) is 11.2 Å². The Bertz CT molecular complexity index is 278. The summed E-state index contributed by atoms with van der Waals surface area (Å²) in [4.78, 5) is 3.78. The summed E-state index contributed by atoms with van der Waals surface area (Å²) in [6, 6.07) is 4.57. The maximum absolute atomic E-state index is 8.42. The van der Waals surface area contributed by atoms with Crippen LogP contribution in [0.3, 0.4) is 0 Å². The quantitative estimate of drug-likeness (QED) is 0.707. The molecule has 1 heterocycles. The molecule has 0 spiro atoms. The van der Waals surface area contributed by atoms with E-state index in [1.54, 1.807) is 12.1 Å². The van der Waals surface area contributed by atoms with Crippen molar-refractivity contribution in [2.75, 3.05) is 0 Å². The molecule has 0 bridgehead atoms. The number of nitrogens with zero attached hydrogens (tertiary/aromatic N) is 2. The smallest absolute Gasteiger partial charge is 0.129 e. The molecule has 1 rings (SSSR count). The van der Waals surface area contributed by atoms with Crippen molar-refractivity contribution < 1.29 is 0 Å². The summed E-state index contributed by atoms with van der Waals surface area (Å²) in [6.45, 7) is 0. The summed E-state index contributed by atoms with van der Waals surface area (Å²) in [5.74, 6) is 0. The number of aromatic nitrogens is 1. The predicted molar refractivity (Wildman–Crippen MR) is 49.0 cm³/mol. The van der Waals surface area contributed by atoms with Gasteiger partial charge in [-0.25, -0.2) is 4.98 Å². The van der Waals surface area contributed by atoms with Gasteiger partial charge in [-0.3, -0.25) is 0 Å². The van der Waals surface area contributed by atoms with E-state index >= 15 is 0 Å². The fourth-order valence-corrected chi connectivity index (χ4v) is 0.758. The Morgan fingerprint density at radius 2 is 2.25 bits per heavy atom. The molecule has 0 saturated carbocycles. The molecule has 0 aliphatic carbocycles. The highest BCUT2D eigenvalue weighted by atomic mass is 35.5. The summed E-state index contributed by atoms with van der Waals surface area (Å²) >= 11 is 5.52. The van der Waals surface area contributed by atoms with Crippen LogP contribution in [-0.4, -0.2) is 4.98 Å². The molecule has 12 heavy (non-hydrogen) atoms. The van der Waals surface area contributed by atoms with Crippen molar-refractivity contribution in [3.63, 3.8) is 0 Å². The van der Waals surface area contributed by atoms with Gasteiger partial charge in [-0.15, -0.1) is 12.4 Å². The molecule has 0 aliphatic heterocycles. The third-order valence-electron chi connectivity index (χ3n) is 1.25. The molecule has 3 nitrogen and oxygen atoms in total. The monoisotopic (exact) mass is 203 g/mol. The lowest BCUT2D eigenvalue weighted by Gasteiger charge is -2.00. The maximum Gasteiger partial charge on any atom is 0.129 e. The number of nitrogens with two attached hydrogens (primary N) is 1. The summed E-state index contributed by atoms with van der Waals surface area (Å²) < 4.78 is 0. The van der Waals surface area contributed by atoms with Gasteiger partial charge in [0.2, 0.25) is 0 Å². The third kappa shape index (κ3) is 2.67. The van der Waals surface area contributed by atoms with E-state index in [0.717, 1.165) is 0 Å². The Hall–Kier alpha value is -0.820. The molecule has 1 aromatic rings. The Kier molecular flexibility index (Phi) is 4.60. The fourth-order valence-electron chi connectivity index (χ4n) is 0.646. The van der Waals surface area contributed by atoms with Crippen LogP contribution in [-0.2, 0) is 0 Å². The lowest BCUT2D eigenvalue weighted by molar-refractivity contribution is 0.915. The Labute approximate surface area is 81.6 Å². The van der Waals surface area contributed by atoms with Gasteiger partial charge in [-0.2, -0.15) is 5.26 Å². The van der Waals surface area contributed by atoms with E-state index < -0.39 is 6.04 Å². The topological polar surface area (TPSA) is 62.7 Å². The van der Waals surface area contributed by atoms with Gasteiger partial charge in [-0.1, -0.05) is 17.7 Å². The van der Waals surface area contributed by atoms with Crippen molar-refractivity contribution in [1.29, 1.82) is 5.26 Å². The first-order valence-electron chi connectivity index (χ1n) is 3.00. The van der Waals surface area contributed by atoms with Crippen molar-refractivity contribution in [2.24, 2.45) is 5.73 Å². The lowest BCUT2D eigenvalue weighted by Crippen LogP contribution is -2.06. The molecule has 1 atom stereocenters. The van der Waals surface area contributed by atoms with Crippen LogP contribution in [0.1, 0.15) is 11.6 Å². The minimum Gasteiger partial charge on any atom is -0.312 e. The number of rotatable bonds is 1. The number of hydrogen-bond donors (Lipinski definition) is 1. The van der Waals surface area contributed by atoms with Crippen LogP contribution in [0.25, 0.3) is 0 Å². The van der Waals surface area contributed by atoms with Crippen molar-refractivity contribution in [2.45, 2.75) is 6.04 Å². The normalized spacial score (nSPS) is 11.1. The Morgan fingerprint density at radius 3 is 2.67 bits per heavy atom. The second-order valence-electron chi connectivity index (χ2n) is 2.02. The van der Waals surface area contributed by atoms with Crippen LogP contribution < -0.4 is 5.73 Å². The molecule has 0 fully saturated rings. The van der Waals surface area contributed by atoms with Gasteiger partial charge in [0.25, 0.3) is 0 Å². The number of halogens is 2. The molecule has 0 saturated heterocycles. The highest BCUT2D eigenvalue weighted by Gasteiger charge is 2.02. The van der Waals surface area contributed by atoms with Crippen LogP contribution in [0.2, 0.25) is 5.15 Å². The largest absolute Gasteiger partial charge is 0.312 e. The van der Waals surface area contributed by atoms with E-state index in [0.29, 0.717) is 10.7 Å². The van der Waals surface area contributed by atoms with E-state index in [4.69, 9.17) is 22.6 Å². The number of hydrogen-bond acceptors (Lipinski definition) is 3. The zero-order valence-electron chi connectivity index (χ0n) is 6.07. The van der Waals surface area contributed by atoms with Crippen LogP contribution in [0.15, 0.2) is 18.3 Å². The first-order chi connectivity index (χ1) is 5.24. The number of nitriles is 1. The molecular formula is C7H7Cl2N3. The summed E-state index contributed by atoms with van der Waals surface area (Å²) in [5.41, 5.74) is 6.08. The van der Waals surface area contributed by atoms with Crippen molar-refractivity contribution >= 4 is 24.0 Å². The average Bonchev–Trinajstić information content (AvgIpc) is 2.05. The van der Waals surface area contributed by atoms with Crippen LogP contribution in [0.4, 0.5) is 0 Å². The zero-order valence-corrected chi connectivity index (χ0v) is 7.64. The minimum absolute atomic E-state index is 0. The Morgan fingerprint density at radius 1 is 1.58 bits per heavy atom. The van der Waals surface area contributed by atoms with E-state index in [2.05, 4.69) is 4.98 Å². The third-order valence-corrected chi connectivity index (χ3v) is 1.47. The van der Waals surface area contributed by atoms with E-state index in [-0.39, 0.29) is 12.4 Å². The minimum atomic E-state index is -0.611. The molecule has 1 aromatic heterocycles. The van der Waals surface area contributed by atoms with Gasteiger partial charge in [0.05, 0.1) is 6.07 Å². The molecule has 64 valence electrons. The van der Waals surface area contributed by atoms with Gasteiger partial charge in [0.15, 0.2) is 0 Å². The molecular weight excluding hydrogens is 197 g/mol. The first kappa shape index (κ1) is 11.2. The van der Waals surface area contributed by atoms with E-state index in [1.807, 2.05) is 6.07 Å². The highest BCUT2D eigenvalue weighted by molar-refractivity contribution is 6.29. The molecule has 0 aromatic carbocycles. The first-order valence-corrected chi connectivity index (χ1v) is 3.38. The zero-order chi connectivity index (χ0) is 8.27. The van der Waals surface area contributed by atoms with Crippen molar-refractivity contribution in [3.05, 3.63) is 29.0 Å². The molecule has 0 radical (unpaired) electrons. The van der Waals surface area contributed by atoms with Crippen molar-refractivity contribution in [3.8, 4) is 6.07 Å². The maximum atomic E-state index is 8.42. The van der Waals surface area contributed by atoms with Crippen LogP contribution in [0, 0.1) is 11.3 Å². The van der Waals surface area contributed by atoms with Crippen LogP contribution in [0.5, 0.6) is 0 Å². The van der Waals surface area contributed by atoms with Crippen LogP contribution >= 0.6 is 24.0 Å². The molecule has 2 N–H and O–H groups in total. The number of pyridine rings is 1. The average molecular weight is 204 g/mol. The van der Waals surface area contributed by atoms with Crippen molar-refractivity contribution in [1.82, 2.24) is 4.98 Å². The molecule has 1 unspecified atom stereocenters. The van der Waals surface area contributed by atoms with E-state index in [1.165, 1.54) is 6.20 Å². The predicted octanol–water partition coefficient (Wildman–Crippen LogP) is 1.68. The molecule has 0 aliphatic rings. The lowest BCUT2D eigenvalue weighted by atomic mass is 10.1. The fraction of sp³-hybridized carbons (Fsp3) is 0.143. The van der Waals surface area contributed by atoms with E-state index in [9.17, 15) is 0 Å². The molecule has 0 amide bonds. The van der Waals surface area contributed by atoms with Gasteiger partial charge in [0, 0.05) is 11.8 Å². The summed E-state index contributed by atoms with van der Waals surface area (Å²) in [7, 11) is 0. The van der Waals surface area contributed by atoms with Gasteiger partial charge in [-0.05, 0) is 6.07 Å². The summed E-state index contributed by atoms with van der Waals surface area (Å²) in [5, 5.41) is 8.82.